The number of ether oxygens (including phenoxy) is 2. The van der Waals surface area contributed by atoms with E-state index in [2.05, 4.69) is 66.0 Å². The molecule has 2 heterocycles. The van der Waals surface area contributed by atoms with Crippen LogP contribution in [0.25, 0.3) is 10.9 Å². The van der Waals surface area contributed by atoms with Crippen LogP contribution in [-0.4, -0.2) is 61.8 Å². The molecule has 154 valence electrons. The lowest BCUT2D eigenvalue weighted by atomic mass is 9.93. The van der Waals surface area contributed by atoms with E-state index in [1.165, 1.54) is 22.0 Å². The number of benzene rings is 2. The number of methoxy groups -OCH3 is 2. The molecule has 5 heteroatoms. The van der Waals surface area contributed by atoms with Gasteiger partial charge in [0, 0.05) is 55.7 Å². The number of hydrogen-bond donors (Lipinski definition) is 0. The Morgan fingerprint density at radius 1 is 0.966 bits per heavy atom. The number of nitrogens with zero attached hydrogens (tertiary/aromatic N) is 3. The van der Waals surface area contributed by atoms with Crippen LogP contribution in [0.4, 0.5) is 0 Å². The predicted molar refractivity (Wildman–Crippen MR) is 118 cm³/mol. The molecule has 5 nitrogen and oxygen atoms in total. The van der Waals surface area contributed by atoms with Gasteiger partial charge in [0.15, 0.2) is 0 Å². The van der Waals surface area contributed by atoms with E-state index in [9.17, 15) is 0 Å². The van der Waals surface area contributed by atoms with Crippen LogP contribution >= 0.6 is 0 Å². The summed E-state index contributed by atoms with van der Waals surface area (Å²) in [6, 6.07) is 15.3. The van der Waals surface area contributed by atoms with E-state index in [-0.39, 0.29) is 0 Å². The monoisotopic (exact) mass is 393 g/mol. The van der Waals surface area contributed by atoms with Gasteiger partial charge in [0.2, 0.25) is 0 Å². The van der Waals surface area contributed by atoms with Crippen molar-refractivity contribution in [1.29, 1.82) is 0 Å². The maximum atomic E-state index is 5.50. The molecule has 0 unspecified atom stereocenters. The molecule has 0 bridgehead atoms. The van der Waals surface area contributed by atoms with Crippen molar-refractivity contribution in [3.63, 3.8) is 0 Å². The van der Waals surface area contributed by atoms with Crippen molar-refractivity contribution in [1.82, 2.24) is 14.4 Å². The first-order valence-corrected chi connectivity index (χ1v) is 10.1. The summed E-state index contributed by atoms with van der Waals surface area (Å²) >= 11 is 0. The molecule has 1 fully saturated rings. The lowest BCUT2D eigenvalue weighted by molar-refractivity contribution is 0.260. The predicted octanol–water partition coefficient (Wildman–Crippen LogP) is 3.73. The highest BCUT2D eigenvalue weighted by atomic mass is 16.5. The van der Waals surface area contributed by atoms with E-state index in [0.717, 1.165) is 31.1 Å². The van der Waals surface area contributed by atoms with Gasteiger partial charge in [0.25, 0.3) is 0 Å². The zero-order valence-electron chi connectivity index (χ0n) is 18.1. The quantitative estimate of drug-likeness (QED) is 0.638. The Morgan fingerprint density at radius 2 is 1.66 bits per heavy atom. The second-order valence-corrected chi connectivity index (χ2v) is 8.26. The lowest BCUT2D eigenvalue weighted by Crippen LogP contribution is -2.34. The minimum Gasteiger partial charge on any atom is -0.497 e. The smallest absolute Gasteiger partial charge is 0.119 e. The molecule has 0 spiro atoms. The molecule has 0 N–H and O–H groups in total. The van der Waals surface area contributed by atoms with Crippen molar-refractivity contribution >= 4 is 10.9 Å². The largest absolute Gasteiger partial charge is 0.497 e. The van der Waals surface area contributed by atoms with Gasteiger partial charge in [-0.25, -0.2) is 0 Å². The molecular formula is C24H31N3O2. The zero-order chi connectivity index (χ0) is 20.5. The second kappa shape index (κ2) is 8.09. The summed E-state index contributed by atoms with van der Waals surface area (Å²) in [7, 11) is 9.97. The van der Waals surface area contributed by atoms with Gasteiger partial charge in [-0.3, -0.25) is 4.90 Å². The van der Waals surface area contributed by atoms with Gasteiger partial charge in [-0.1, -0.05) is 12.1 Å². The first-order chi connectivity index (χ1) is 14.0. The molecular weight excluding hydrogens is 362 g/mol. The third kappa shape index (κ3) is 3.85. The highest BCUT2D eigenvalue weighted by Gasteiger charge is 2.36. The molecule has 0 saturated carbocycles. The van der Waals surface area contributed by atoms with Gasteiger partial charge < -0.3 is 18.9 Å². The minimum atomic E-state index is 0.457. The van der Waals surface area contributed by atoms with Crippen molar-refractivity contribution in [2.75, 3.05) is 41.4 Å². The van der Waals surface area contributed by atoms with Crippen LogP contribution in [-0.2, 0) is 13.6 Å². The highest BCUT2D eigenvalue weighted by molar-refractivity contribution is 5.86. The van der Waals surface area contributed by atoms with Gasteiger partial charge >= 0.3 is 0 Å². The number of fused-ring (bicyclic) bond motifs is 1. The van der Waals surface area contributed by atoms with Crippen molar-refractivity contribution < 1.29 is 9.47 Å². The number of likely N-dealkylation sites (N-methyl/N-ethyl adjacent to an activating group) is 1. The molecule has 3 aromatic rings. The van der Waals surface area contributed by atoms with Crippen molar-refractivity contribution in [3.8, 4) is 11.5 Å². The molecule has 1 aliphatic rings. The summed E-state index contributed by atoms with van der Waals surface area (Å²) in [5, 5.41) is 1.30. The molecule has 2 aromatic carbocycles. The maximum absolute atomic E-state index is 5.50. The fourth-order valence-electron chi connectivity index (χ4n) is 4.64. The molecule has 29 heavy (non-hydrogen) atoms. The van der Waals surface area contributed by atoms with Crippen LogP contribution < -0.4 is 9.47 Å². The molecule has 0 aliphatic carbocycles. The summed E-state index contributed by atoms with van der Waals surface area (Å²) in [6.07, 6.45) is 2.31. The van der Waals surface area contributed by atoms with Crippen molar-refractivity contribution in [2.24, 2.45) is 7.05 Å². The van der Waals surface area contributed by atoms with Crippen LogP contribution in [0, 0.1) is 0 Å². The van der Waals surface area contributed by atoms with Gasteiger partial charge in [0.05, 0.1) is 14.2 Å². The minimum absolute atomic E-state index is 0.457. The number of rotatable bonds is 6. The third-order valence-corrected chi connectivity index (χ3v) is 6.22. The molecule has 2 atom stereocenters. The Labute approximate surface area is 173 Å². The van der Waals surface area contributed by atoms with Crippen LogP contribution in [0.1, 0.15) is 17.0 Å². The molecule has 0 radical (unpaired) electrons. The summed E-state index contributed by atoms with van der Waals surface area (Å²) in [5.74, 6) is 2.28. The van der Waals surface area contributed by atoms with E-state index in [1.807, 2.05) is 18.2 Å². The van der Waals surface area contributed by atoms with Crippen LogP contribution in [0.5, 0.6) is 11.5 Å². The standard InChI is InChI=1S/C24H31N3O2/c1-25(2)24-16-27(13-17-6-8-18(28-4)9-7-17)15-22(24)21-14-26(3)23-11-10-19(29-5)12-20(21)23/h6-12,14,22,24H,13,15-16H2,1-5H3/t22-,24+/m0/s1. The van der Waals surface area contributed by atoms with Gasteiger partial charge in [-0.15, -0.1) is 0 Å². The van der Waals surface area contributed by atoms with Crippen molar-refractivity contribution in [2.45, 2.75) is 18.5 Å². The van der Waals surface area contributed by atoms with E-state index in [0.29, 0.717) is 12.0 Å². The fraction of sp³-hybridized carbons (Fsp3) is 0.417. The number of hydrogen-bond acceptors (Lipinski definition) is 4. The lowest BCUT2D eigenvalue weighted by Gasteiger charge is -2.25. The summed E-state index contributed by atoms with van der Waals surface area (Å²) < 4.78 is 13.0. The Hall–Kier alpha value is -2.50. The molecule has 1 aromatic heterocycles. The van der Waals surface area contributed by atoms with Gasteiger partial charge in [-0.05, 0) is 55.6 Å². The van der Waals surface area contributed by atoms with Gasteiger partial charge in [0.1, 0.15) is 11.5 Å². The van der Waals surface area contributed by atoms with Crippen LogP contribution in [0.15, 0.2) is 48.7 Å². The SMILES string of the molecule is COc1ccc(CN2C[C@@H](N(C)C)[C@H](c3cn(C)c4ccc(OC)cc34)C2)cc1. The van der Waals surface area contributed by atoms with E-state index in [1.54, 1.807) is 14.2 Å². The average Bonchev–Trinajstić information content (AvgIpc) is 3.29. The van der Waals surface area contributed by atoms with Gasteiger partial charge in [-0.2, -0.15) is 0 Å². The Kier molecular flexibility index (Phi) is 5.52. The van der Waals surface area contributed by atoms with Crippen LogP contribution in [0.3, 0.4) is 0 Å². The first kappa shape index (κ1) is 19.8. The number of aromatic nitrogens is 1. The first-order valence-electron chi connectivity index (χ1n) is 10.1. The summed E-state index contributed by atoms with van der Waals surface area (Å²) in [4.78, 5) is 4.94. The topological polar surface area (TPSA) is 29.9 Å². The second-order valence-electron chi connectivity index (χ2n) is 8.26. The summed E-state index contributed by atoms with van der Waals surface area (Å²) in [5.41, 5.74) is 3.99. The maximum Gasteiger partial charge on any atom is 0.119 e. The zero-order valence-corrected chi connectivity index (χ0v) is 18.1. The van der Waals surface area contributed by atoms with Crippen LogP contribution in [0.2, 0.25) is 0 Å². The molecule has 0 amide bonds. The third-order valence-electron chi connectivity index (χ3n) is 6.22. The number of likely N-dealkylation sites (tertiary alicyclic amines) is 1. The Balaban J connectivity index is 1.63. The average molecular weight is 394 g/mol. The molecule has 4 rings (SSSR count). The Morgan fingerprint density at radius 3 is 2.31 bits per heavy atom. The number of aryl methyl sites for hydroxylation is 1. The molecule has 1 saturated heterocycles. The van der Waals surface area contributed by atoms with E-state index >= 15 is 0 Å². The van der Waals surface area contributed by atoms with Crippen molar-refractivity contribution in [3.05, 3.63) is 59.8 Å². The highest BCUT2D eigenvalue weighted by Crippen LogP contribution is 2.37. The Bertz CT molecular complexity index is 978. The normalized spacial score (nSPS) is 19.9. The summed E-state index contributed by atoms with van der Waals surface area (Å²) in [6.45, 7) is 3.06. The molecule has 1 aliphatic heterocycles. The fourth-order valence-corrected chi connectivity index (χ4v) is 4.64. The van der Waals surface area contributed by atoms with E-state index < -0.39 is 0 Å². The van der Waals surface area contributed by atoms with E-state index in [4.69, 9.17) is 9.47 Å².